The Morgan fingerprint density at radius 2 is 1.56 bits per heavy atom. The Morgan fingerprint density at radius 3 is 1.94 bits per heavy atom. The van der Waals surface area contributed by atoms with Gasteiger partial charge in [-0.25, -0.2) is 0 Å². The average Bonchev–Trinajstić information content (AvgIpc) is 2.25. The second-order valence-corrected chi connectivity index (χ2v) is 4.99. The minimum Gasteiger partial charge on any atom is -0.492 e. The molecule has 0 fully saturated rings. The quantitative estimate of drug-likeness (QED) is 0.686. The van der Waals surface area contributed by atoms with Crippen LogP contribution < -0.4 is 4.74 Å². The lowest BCUT2D eigenvalue weighted by molar-refractivity contribution is 0.332. The summed E-state index contributed by atoms with van der Waals surface area (Å²) in [7, 11) is 0. The van der Waals surface area contributed by atoms with Crippen molar-refractivity contribution >= 4 is 11.6 Å². The van der Waals surface area contributed by atoms with Crippen LogP contribution in [0.15, 0.2) is 18.2 Å². The SMILES string of the molecule is CC(C)c1cccc(C(C)C)c1OCCCl. The molecule has 0 saturated heterocycles. The Kier molecular flexibility index (Phi) is 5.14. The highest BCUT2D eigenvalue weighted by atomic mass is 35.5. The molecule has 0 spiro atoms. The van der Waals surface area contributed by atoms with Crippen molar-refractivity contribution in [3.05, 3.63) is 29.3 Å². The number of hydrogen-bond acceptors (Lipinski definition) is 1. The Bertz CT molecular complexity index is 305. The Balaban J connectivity index is 3.12. The third-order valence-electron chi connectivity index (χ3n) is 2.64. The van der Waals surface area contributed by atoms with Crippen molar-refractivity contribution in [2.24, 2.45) is 0 Å². The first-order valence-corrected chi connectivity index (χ1v) is 6.43. The summed E-state index contributed by atoms with van der Waals surface area (Å²) in [5.41, 5.74) is 2.55. The van der Waals surface area contributed by atoms with E-state index in [0.29, 0.717) is 24.3 Å². The lowest BCUT2D eigenvalue weighted by Crippen LogP contribution is -2.06. The molecule has 1 aromatic carbocycles. The maximum absolute atomic E-state index is 5.81. The molecule has 0 radical (unpaired) electrons. The van der Waals surface area contributed by atoms with Gasteiger partial charge in [-0.1, -0.05) is 45.9 Å². The lowest BCUT2D eigenvalue weighted by Gasteiger charge is -2.19. The van der Waals surface area contributed by atoms with Crippen LogP contribution >= 0.6 is 11.6 Å². The highest BCUT2D eigenvalue weighted by Crippen LogP contribution is 2.34. The normalized spacial score (nSPS) is 11.2. The van der Waals surface area contributed by atoms with Crippen LogP contribution in [0.1, 0.15) is 50.7 Å². The van der Waals surface area contributed by atoms with E-state index in [9.17, 15) is 0 Å². The monoisotopic (exact) mass is 240 g/mol. The van der Waals surface area contributed by atoms with Gasteiger partial charge in [0.1, 0.15) is 12.4 Å². The Labute approximate surface area is 104 Å². The average molecular weight is 241 g/mol. The van der Waals surface area contributed by atoms with E-state index in [1.807, 2.05) is 0 Å². The van der Waals surface area contributed by atoms with Crippen molar-refractivity contribution in [1.82, 2.24) is 0 Å². The van der Waals surface area contributed by atoms with E-state index in [1.54, 1.807) is 0 Å². The van der Waals surface area contributed by atoms with Crippen LogP contribution in [-0.4, -0.2) is 12.5 Å². The molecular weight excluding hydrogens is 220 g/mol. The third kappa shape index (κ3) is 3.15. The number of para-hydroxylation sites is 1. The van der Waals surface area contributed by atoms with Crippen molar-refractivity contribution in [2.45, 2.75) is 39.5 Å². The van der Waals surface area contributed by atoms with Gasteiger partial charge in [0.05, 0.1) is 5.88 Å². The molecule has 0 atom stereocenters. The van der Waals surface area contributed by atoms with Gasteiger partial charge in [-0.15, -0.1) is 11.6 Å². The fourth-order valence-corrected chi connectivity index (χ4v) is 1.87. The predicted molar refractivity (Wildman–Crippen MR) is 70.8 cm³/mol. The van der Waals surface area contributed by atoms with E-state index in [1.165, 1.54) is 11.1 Å². The zero-order valence-corrected chi connectivity index (χ0v) is 11.3. The molecule has 2 heteroatoms. The summed E-state index contributed by atoms with van der Waals surface area (Å²) in [4.78, 5) is 0. The number of alkyl halides is 1. The van der Waals surface area contributed by atoms with Gasteiger partial charge in [0, 0.05) is 0 Å². The van der Waals surface area contributed by atoms with Crippen LogP contribution in [0, 0.1) is 0 Å². The maximum Gasteiger partial charge on any atom is 0.126 e. The largest absolute Gasteiger partial charge is 0.492 e. The Morgan fingerprint density at radius 1 is 1.06 bits per heavy atom. The molecule has 0 aromatic heterocycles. The minimum absolute atomic E-state index is 0.476. The fourth-order valence-electron chi connectivity index (χ4n) is 1.79. The topological polar surface area (TPSA) is 9.23 Å². The maximum atomic E-state index is 5.81. The van der Waals surface area contributed by atoms with Gasteiger partial charge in [0.25, 0.3) is 0 Å². The zero-order valence-electron chi connectivity index (χ0n) is 10.6. The molecule has 0 amide bonds. The van der Waals surface area contributed by atoms with Crippen LogP contribution in [0.25, 0.3) is 0 Å². The second-order valence-electron chi connectivity index (χ2n) is 4.61. The summed E-state index contributed by atoms with van der Waals surface area (Å²) in [5.74, 6) is 2.52. The molecular formula is C14H21ClO. The minimum atomic E-state index is 0.476. The second kappa shape index (κ2) is 6.15. The van der Waals surface area contributed by atoms with Crippen LogP contribution in [0.3, 0.4) is 0 Å². The van der Waals surface area contributed by atoms with Gasteiger partial charge in [0.2, 0.25) is 0 Å². The summed E-state index contributed by atoms with van der Waals surface area (Å²) >= 11 is 5.69. The number of rotatable bonds is 5. The number of halogens is 1. The molecule has 90 valence electrons. The van der Waals surface area contributed by atoms with Gasteiger partial charge in [-0.3, -0.25) is 0 Å². The first kappa shape index (κ1) is 13.4. The molecule has 0 saturated carbocycles. The van der Waals surface area contributed by atoms with Gasteiger partial charge in [-0.05, 0) is 23.0 Å². The lowest BCUT2D eigenvalue weighted by atomic mass is 9.94. The zero-order chi connectivity index (χ0) is 12.1. The summed E-state index contributed by atoms with van der Waals surface area (Å²) in [6.45, 7) is 9.32. The van der Waals surface area contributed by atoms with Crippen LogP contribution in [-0.2, 0) is 0 Å². The van der Waals surface area contributed by atoms with E-state index in [4.69, 9.17) is 16.3 Å². The number of ether oxygens (including phenoxy) is 1. The van der Waals surface area contributed by atoms with Crippen molar-refractivity contribution in [3.8, 4) is 5.75 Å². The molecule has 1 rings (SSSR count). The van der Waals surface area contributed by atoms with Crippen LogP contribution in [0.4, 0.5) is 0 Å². The molecule has 0 aliphatic carbocycles. The summed E-state index contributed by atoms with van der Waals surface area (Å²) in [6, 6.07) is 6.39. The molecule has 0 N–H and O–H groups in total. The van der Waals surface area contributed by atoms with Gasteiger partial charge in [-0.2, -0.15) is 0 Å². The van der Waals surface area contributed by atoms with E-state index in [0.717, 1.165) is 5.75 Å². The molecule has 1 nitrogen and oxygen atoms in total. The summed E-state index contributed by atoms with van der Waals surface area (Å²) in [6.07, 6.45) is 0. The smallest absolute Gasteiger partial charge is 0.126 e. The molecule has 0 heterocycles. The molecule has 0 aliphatic heterocycles. The van der Waals surface area contributed by atoms with Gasteiger partial charge in [0.15, 0.2) is 0 Å². The Hall–Kier alpha value is -0.690. The van der Waals surface area contributed by atoms with E-state index < -0.39 is 0 Å². The van der Waals surface area contributed by atoms with Gasteiger partial charge < -0.3 is 4.74 Å². The third-order valence-corrected chi connectivity index (χ3v) is 2.80. The number of hydrogen-bond donors (Lipinski definition) is 0. The summed E-state index contributed by atoms with van der Waals surface area (Å²) in [5, 5.41) is 0. The van der Waals surface area contributed by atoms with Crippen molar-refractivity contribution in [1.29, 1.82) is 0 Å². The first-order chi connectivity index (χ1) is 7.57. The highest BCUT2D eigenvalue weighted by molar-refractivity contribution is 6.18. The predicted octanol–water partition coefficient (Wildman–Crippen LogP) is 4.55. The fraction of sp³-hybridized carbons (Fsp3) is 0.571. The highest BCUT2D eigenvalue weighted by Gasteiger charge is 2.14. The molecule has 1 aromatic rings. The van der Waals surface area contributed by atoms with Crippen molar-refractivity contribution in [2.75, 3.05) is 12.5 Å². The van der Waals surface area contributed by atoms with Crippen LogP contribution in [0.5, 0.6) is 5.75 Å². The number of benzene rings is 1. The van der Waals surface area contributed by atoms with Crippen molar-refractivity contribution < 1.29 is 4.74 Å². The van der Waals surface area contributed by atoms with Gasteiger partial charge >= 0.3 is 0 Å². The van der Waals surface area contributed by atoms with Crippen LogP contribution in [0.2, 0.25) is 0 Å². The van der Waals surface area contributed by atoms with E-state index >= 15 is 0 Å². The standard InChI is InChI=1S/C14H21ClO/c1-10(2)12-6-5-7-13(11(3)4)14(12)16-9-8-15/h5-7,10-11H,8-9H2,1-4H3. The van der Waals surface area contributed by atoms with E-state index in [2.05, 4.69) is 45.9 Å². The molecule has 16 heavy (non-hydrogen) atoms. The summed E-state index contributed by atoms with van der Waals surface area (Å²) < 4.78 is 5.81. The van der Waals surface area contributed by atoms with Crippen molar-refractivity contribution in [3.63, 3.8) is 0 Å². The first-order valence-electron chi connectivity index (χ1n) is 5.89. The molecule has 0 unspecified atom stereocenters. The molecule has 0 aliphatic rings. The molecule has 0 bridgehead atoms. The van der Waals surface area contributed by atoms with E-state index in [-0.39, 0.29) is 0 Å².